The molecule has 0 rings (SSSR count). The molecule has 0 heterocycles. The van der Waals surface area contributed by atoms with Gasteiger partial charge in [0.25, 0.3) is 0 Å². The van der Waals surface area contributed by atoms with E-state index in [9.17, 15) is 15.0 Å². The monoisotopic (exact) mass is 299 g/mol. The number of thiol groups is 1. The average Bonchev–Trinajstić information content (AvgIpc) is 2.41. The molecule has 0 aromatic heterocycles. The number of nitrogens with one attached hydrogen (secondary N) is 1. The summed E-state index contributed by atoms with van der Waals surface area (Å²) in [7, 11) is 2.32. The van der Waals surface area contributed by atoms with Gasteiger partial charge in [-0.05, 0) is 12.7 Å². The fourth-order valence-corrected chi connectivity index (χ4v) is 1.55. The van der Waals surface area contributed by atoms with Crippen molar-refractivity contribution in [2.75, 3.05) is 26.6 Å². The highest BCUT2D eigenvalue weighted by atomic mass is 32.1. The Morgan fingerprint density at radius 2 is 1.84 bits per heavy atom. The van der Waals surface area contributed by atoms with Gasteiger partial charge in [-0.25, -0.2) is 0 Å². The molecule has 4 atom stereocenters. The second-order valence-corrected chi connectivity index (χ2v) is 4.21. The third-order valence-electron chi connectivity index (χ3n) is 2.45. The minimum absolute atomic E-state index is 0.240. The summed E-state index contributed by atoms with van der Waals surface area (Å²) in [6.45, 7) is 1.15. The predicted molar refractivity (Wildman–Crippen MR) is 74.1 cm³/mol. The Balaban J connectivity index is 0. The molecule has 7 nitrogen and oxygen atoms in total. The molecule has 8 heteroatoms. The van der Waals surface area contributed by atoms with Crippen LogP contribution in [0.4, 0.5) is 0 Å². The first-order valence-electron chi connectivity index (χ1n) is 5.82. The molecule has 0 fully saturated rings. The number of hydrogen-bond donors (Lipinski definition) is 6. The number of rotatable bonds is 8. The zero-order chi connectivity index (χ0) is 15.4. The zero-order valence-corrected chi connectivity index (χ0v) is 12.4. The quantitative estimate of drug-likeness (QED) is 0.293. The summed E-state index contributed by atoms with van der Waals surface area (Å²) in [5, 5.41) is 37.9. The number of aliphatic hydroxyl groups excluding tert-OH is 4. The molecule has 5 N–H and O–H groups in total. The minimum Gasteiger partial charge on any atom is -0.400 e. The van der Waals surface area contributed by atoms with Crippen LogP contribution in [0.5, 0.6) is 0 Å². The topological polar surface area (TPSA) is 119 Å². The number of aliphatic hydroxyl groups is 4. The van der Waals surface area contributed by atoms with Gasteiger partial charge in [0.1, 0.15) is 18.3 Å². The van der Waals surface area contributed by atoms with Gasteiger partial charge >= 0.3 is 0 Å². The van der Waals surface area contributed by atoms with E-state index in [0.717, 1.165) is 7.11 Å². The normalized spacial score (nSPS) is 16.6. The summed E-state index contributed by atoms with van der Waals surface area (Å²) in [6, 6.07) is -0.637. The lowest BCUT2D eigenvalue weighted by Gasteiger charge is -2.28. The average molecular weight is 299 g/mol. The van der Waals surface area contributed by atoms with Crippen LogP contribution in [0.25, 0.3) is 0 Å². The number of ether oxygens (including phenoxy) is 1. The van der Waals surface area contributed by atoms with Crippen molar-refractivity contribution in [1.29, 1.82) is 0 Å². The summed E-state index contributed by atoms with van der Waals surface area (Å²) in [5.74, 6) is 0.158. The van der Waals surface area contributed by atoms with Crippen molar-refractivity contribution in [2.24, 2.45) is 0 Å². The highest BCUT2D eigenvalue weighted by Gasteiger charge is 2.30. The predicted octanol–water partition coefficient (Wildman–Crippen LogP) is -1.85. The van der Waals surface area contributed by atoms with Crippen LogP contribution in [-0.2, 0) is 9.53 Å². The molecular formula is C11H25NO6S. The van der Waals surface area contributed by atoms with Gasteiger partial charge < -0.3 is 30.5 Å². The molecule has 0 aliphatic heterocycles. The van der Waals surface area contributed by atoms with Gasteiger partial charge in [0.2, 0.25) is 5.91 Å². The van der Waals surface area contributed by atoms with Crippen LogP contribution < -0.4 is 5.32 Å². The molecule has 0 saturated heterocycles. The van der Waals surface area contributed by atoms with Gasteiger partial charge in [-0.3, -0.25) is 4.79 Å². The molecule has 0 bridgehead atoms. The SMILES string of the molecule is CO.COC(CO)C(O)C(O)[C@@H](C)NC(=O)CCS. The molecule has 1 amide bonds. The maximum Gasteiger partial charge on any atom is 0.221 e. The fraction of sp³-hybridized carbons (Fsp3) is 0.909. The van der Waals surface area contributed by atoms with E-state index in [4.69, 9.17) is 14.9 Å². The first-order chi connectivity index (χ1) is 8.97. The van der Waals surface area contributed by atoms with E-state index >= 15 is 0 Å². The molecule has 0 aromatic carbocycles. The third-order valence-corrected chi connectivity index (χ3v) is 2.68. The summed E-state index contributed by atoms with van der Waals surface area (Å²) < 4.78 is 4.80. The van der Waals surface area contributed by atoms with Crippen LogP contribution in [0.1, 0.15) is 13.3 Å². The van der Waals surface area contributed by atoms with Gasteiger partial charge in [-0.2, -0.15) is 12.6 Å². The van der Waals surface area contributed by atoms with Crippen molar-refractivity contribution < 1.29 is 30.0 Å². The molecule has 0 aromatic rings. The van der Waals surface area contributed by atoms with Crippen molar-refractivity contribution in [3.63, 3.8) is 0 Å². The molecule has 0 aliphatic carbocycles. The maximum atomic E-state index is 11.3. The van der Waals surface area contributed by atoms with E-state index in [0.29, 0.717) is 5.75 Å². The number of hydrogen-bond acceptors (Lipinski definition) is 7. The second kappa shape index (κ2) is 12.6. The number of methoxy groups -OCH3 is 1. The number of carbonyl (C=O) groups is 1. The summed E-state index contributed by atoms with van der Waals surface area (Å²) in [5.41, 5.74) is 0. The molecule has 116 valence electrons. The Labute approximate surface area is 119 Å². The molecule has 0 aliphatic rings. The van der Waals surface area contributed by atoms with E-state index in [-0.39, 0.29) is 12.3 Å². The van der Waals surface area contributed by atoms with Gasteiger partial charge in [0, 0.05) is 20.6 Å². The highest BCUT2D eigenvalue weighted by Crippen LogP contribution is 2.07. The Kier molecular flexibility index (Phi) is 13.9. The maximum absolute atomic E-state index is 11.3. The first-order valence-corrected chi connectivity index (χ1v) is 6.45. The van der Waals surface area contributed by atoms with Crippen molar-refractivity contribution in [1.82, 2.24) is 5.32 Å². The van der Waals surface area contributed by atoms with Gasteiger partial charge in [-0.1, -0.05) is 0 Å². The molecule has 3 unspecified atom stereocenters. The molecule has 0 spiro atoms. The van der Waals surface area contributed by atoms with Gasteiger partial charge in [-0.15, -0.1) is 0 Å². The van der Waals surface area contributed by atoms with E-state index in [1.54, 1.807) is 6.92 Å². The lowest BCUT2D eigenvalue weighted by atomic mass is 10.0. The largest absolute Gasteiger partial charge is 0.400 e. The molecular weight excluding hydrogens is 274 g/mol. The van der Waals surface area contributed by atoms with Crippen LogP contribution in [0.15, 0.2) is 0 Å². The van der Waals surface area contributed by atoms with E-state index < -0.39 is 31.0 Å². The van der Waals surface area contributed by atoms with Crippen LogP contribution in [-0.4, -0.2) is 77.3 Å². The van der Waals surface area contributed by atoms with Crippen molar-refractivity contribution in [3.05, 3.63) is 0 Å². The van der Waals surface area contributed by atoms with Gasteiger partial charge in [0.05, 0.1) is 12.6 Å². The van der Waals surface area contributed by atoms with Crippen molar-refractivity contribution >= 4 is 18.5 Å². The molecule has 19 heavy (non-hydrogen) atoms. The Hall–Kier alpha value is -0.380. The lowest BCUT2D eigenvalue weighted by Crippen LogP contribution is -2.51. The summed E-state index contributed by atoms with van der Waals surface area (Å²) in [4.78, 5) is 11.3. The Morgan fingerprint density at radius 1 is 1.32 bits per heavy atom. The standard InChI is InChI=1S/C10H21NO5S.CH4O/c1-6(11-8(13)3-4-17)9(14)10(15)7(5-12)16-2;1-2/h6-7,9-10,12,14-15,17H,3-5H2,1-2H3,(H,11,13);2H,1H3/t6-,7?,9?,10?;/m1./s1. The van der Waals surface area contributed by atoms with Crippen molar-refractivity contribution in [3.8, 4) is 0 Å². The minimum atomic E-state index is -1.27. The van der Waals surface area contributed by atoms with Crippen LogP contribution in [0.2, 0.25) is 0 Å². The summed E-state index contributed by atoms with van der Waals surface area (Å²) in [6.07, 6.45) is -3.12. The highest BCUT2D eigenvalue weighted by molar-refractivity contribution is 7.80. The summed E-state index contributed by atoms with van der Waals surface area (Å²) >= 11 is 3.91. The van der Waals surface area contributed by atoms with E-state index in [2.05, 4.69) is 17.9 Å². The van der Waals surface area contributed by atoms with Crippen molar-refractivity contribution in [2.45, 2.75) is 37.7 Å². The smallest absolute Gasteiger partial charge is 0.221 e. The Morgan fingerprint density at radius 3 is 2.21 bits per heavy atom. The molecule has 0 saturated carbocycles. The first kappa shape index (κ1) is 20.9. The third kappa shape index (κ3) is 8.40. The number of carbonyl (C=O) groups excluding carboxylic acids is 1. The van der Waals surface area contributed by atoms with Crippen LogP contribution >= 0.6 is 12.6 Å². The number of amides is 1. The van der Waals surface area contributed by atoms with Gasteiger partial charge in [0.15, 0.2) is 0 Å². The Bertz CT molecular complexity index is 227. The zero-order valence-electron chi connectivity index (χ0n) is 11.5. The lowest BCUT2D eigenvalue weighted by molar-refractivity contribution is -0.125. The van der Waals surface area contributed by atoms with E-state index in [1.807, 2.05) is 0 Å². The fourth-order valence-electron chi connectivity index (χ4n) is 1.35. The van der Waals surface area contributed by atoms with Crippen LogP contribution in [0, 0.1) is 0 Å². The van der Waals surface area contributed by atoms with E-state index in [1.165, 1.54) is 7.11 Å². The van der Waals surface area contributed by atoms with Crippen LogP contribution in [0.3, 0.4) is 0 Å². The molecule has 0 radical (unpaired) electrons. The second-order valence-electron chi connectivity index (χ2n) is 3.77.